The maximum atomic E-state index is 12.1. The lowest BCUT2D eigenvalue weighted by atomic mass is 9.92. The van der Waals surface area contributed by atoms with Crippen molar-refractivity contribution >= 4 is 11.6 Å². The van der Waals surface area contributed by atoms with Crippen molar-refractivity contribution in [2.45, 2.75) is 27.2 Å². The van der Waals surface area contributed by atoms with E-state index in [0.29, 0.717) is 11.3 Å². The molecule has 1 aromatic carbocycles. The quantitative estimate of drug-likeness (QED) is 0.817. The van der Waals surface area contributed by atoms with Crippen molar-refractivity contribution in [2.75, 3.05) is 19.3 Å². The first-order chi connectivity index (χ1) is 7.79. The molecular formula is C14H22N2O. The van der Waals surface area contributed by atoms with Crippen LogP contribution in [0.4, 0.5) is 5.69 Å². The Balaban J connectivity index is 2.64. The summed E-state index contributed by atoms with van der Waals surface area (Å²) in [5, 5.41) is 0. The molecule has 1 amide bonds. The molecule has 0 saturated heterocycles. The maximum absolute atomic E-state index is 12.1. The Hall–Kier alpha value is -1.51. The normalized spacial score (nSPS) is 11.3. The van der Waals surface area contributed by atoms with Crippen LogP contribution in [-0.2, 0) is 0 Å². The molecule has 17 heavy (non-hydrogen) atoms. The number of rotatable bonds is 3. The molecule has 1 rings (SSSR count). The fourth-order valence-corrected chi connectivity index (χ4v) is 1.50. The fourth-order valence-electron chi connectivity index (χ4n) is 1.50. The molecule has 0 spiro atoms. The summed E-state index contributed by atoms with van der Waals surface area (Å²) in [4.78, 5) is 13.8. The second kappa shape index (κ2) is 5.21. The molecule has 3 nitrogen and oxygen atoms in total. The Bertz CT molecular complexity index is 393. The van der Waals surface area contributed by atoms with Gasteiger partial charge >= 0.3 is 0 Å². The first kappa shape index (κ1) is 13.6. The molecule has 0 aliphatic carbocycles. The topological polar surface area (TPSA) is 46.3 Å². The Kier molecular flexibility index (Phi) is 4.16. The van der Waals surface area contributed by atoms with Crippen molar-refractivity contribution in [1.29, 1.82) is 0 Å². The summed E-state index contributed by atoms with van der Waals surface area (Å²) >= 11 is 0. The number of hydrogen-bond acceptors (Lipinski definition) is 2. The molecule has 0 fully saturated rings. The highest BCUT2D eigenvalue weighted by molar-refractivity contribution is 5.94. The van der Waals surface area contributed by atoms with E-state index in [9.17, 15) is 4.79 Å². The lowest BCUT2D eigenvalue weighted by Crippen LogP contribution is -2.30. The van der Waals surface area contributed by atoms with E-state index in [4.69, 9.17) is 5.73 Å². The lowest BCUT2D eigenvalue weighted by molar-refractivity contribution is 0.0780. The summed E-state index contributed by atoms with van der Waals surface area (Å²) in [6.07, 6.45) is 0.984. The van der Waals surface area contributed by atoms with Crippen LogP contribution < -0.4 is 5.73 Å². The smallest absolute Gasteiger partial charge is 0.253 e. The number of hydrogen-bond donors (Lipinski definition) is 1. The first-order valence-corrected chi connectivity index (χ1v) is 5.90. The number of anilines is 1. The van der Waals surface area contributed by atoms with E-state index in [-0.39, 0.29) is 11.3 Å². The van der Waals surface area contributed by atoms with Crippen molar-refractivity contribution in [3.63, 3.8) is 0 Å². The predicted molar refractivity (Wildman–Crippen MR) is 71.9 cm³/mol. The number of carbonyl (C=O) groups is 1. The Morgan fingerprint density at radius 2 is 2.00 bits per heavy atom. The molecule has 0 bridgehead atoms. The number of amides is 1. The van der Waals surface area contributed by atoms with Gasteiger partial charge in [-0.1, -0.05) is 26.8 Å². The molecule has 1 aromatic rings. The Labute approximate surface area is 104 Å². The van der Waals surface area contributed by atoms with Crippen LogP contribution in [-0.4, -0.2) is 24.4 Å². The van der Waals surface area contributed by atoms with Crippen molar-refractivity contribution < 1.29 is 4.79 Å². The standard InChI is InChI=1S/C14H22N2O/c1-14(2,3)8-9-16(4)13(17)11-6-5-7-12(15)10-11/h5-7,10H,8-9,15H2,1-4H3. The van der Waals surface area contributed by atoms with Crippen molar-refractivity contribution in [3.8, 4) is 0 Å². The van der Waals surface area contributed by atoms with Gasteiger partial charge in [-0.2, -0.15) is 0 Å². The van der Waals surface area contributed by atoms with Gasteiger partial charge < -0.3 is 10.6 Å². The van der Waals surface area contributed by atoms with E-state index < -0.39 is 0 Å². The van der Waals surface area contributed by atoms with Crippen LogP contribution in [0.3, 0.4) is 0 Å². The second-order valence-corrected chi connectivity index (χ2v) is 5.66. The maximum Gasteiger partial charge on any atom is 0.253 e. The molecule has 2 N–H and O–H groups in total. The molecule has 0 unspecified atom stereocenters. The third-order valence-electron chi connectivity index (χ3n) is 2.68. The number of carbonyl (C=O) groups excluding carboxylic acids is 1. The molecular weight excluding hydrogens is 212 g/mol. The predicted octanol–water partition coefficient (Wildman–Crippen LogP) is 2.78. The van der Waals surface area contributed by atoms with Crippen LogP contribution in [0.5, 0.6) is 0 Å². The Morgan fingerprint density at radius 3 is 2.53 bits per heavy atom. The zero-order valence-electron chi connectivity index (χ0n) is 11.2. The zero-order valence-corrected chi connectivity index (χ0v) is 11.2. The zero-order chi connectivity index (χ0) is 13.1. The third kappa shape index (κ3) is 4.47. The van der Waals surface area contributed by atoms with Gasteiger partial charge in [0, 0.05) is 24.8 Å². The minimum absolute atomic E-state index is 0.0292. The molecule has 0 radical (unpaired) electrons. The van der Waals surface area contributed by atoms with E-state index in [1.165, 1.54) is 0 Å². The summed E-state index contributed by atoms with van der Waals surface area (Å²) in [5.74, 6) is 0.0292. The van der Waals surface area contributed by atoms with Gasteiger partial charge in [-0.3, -0.25) is 4.79 Å². The van der Waals surface area contributed by atoms with E-state index in [0.717, 1.165) is 13.0 Å². The average molecular weight is 234 g/mol. The van der Waals surface area contributed by atoms with Crippen LogP contribution in [0.1, 0.15) is 37.6 Å². The van der Waals surface area contributed by atoms with E-state index in [1.807, 2.05) is 7.05 Å². The lowest BCUT2D eigenvalue weighted by Gasteiger charge is -2.23. The molecule has 0 aliphatic rings. The highest BCUT2D eigenvalue weighted by Crippen LogP contribution is 2.19. The average Bonchev–Trinajstić information content (AvgIpc) is 2.24. The van der Waals surface area contributed by atoms with Crippen molar-refractivity contribution in [1.82, 2.24) is 4.90 Å². The number of nitrogen functional groups attached to an aromatic ring is 1. The fraction of sp³-hybridized carbons (Fsp3) is 0.500. The number of nitrogens with zero attached hydrogens (tertiary/aromatic N) is 1. The SMILES string of the molecule is CN(CCC(C)(C)C)C(=O)c1cccc(N)c1. The van der Waals surface area contributed by atoms with Crippen molar-refractivity contribution in [2.24, 2.45) is 5.41 Å². The van der Waals surface area contributed by atoms with Gasteiger partial charge in [-0.05, 0) is 30.0 Å². The molecule has 0 heterocycles. The summed E-state index contributed by atoms with van der Waals surface area (Å²) in [6, 6.07) is 7.11. The number of benzene rings is 1. The highest BCUT2D eigenvalue weighted by Gasteiger charge is 2.15. The molecule has 94 valence electrons. The summed E-state index contributed by atoms with van der Waals surface area (Å²) in [7, 11) is 1.83. The van der Waals surface area contributed by atoms with Crippen molar-refractivity contribution in [3.05, 3.63) is 29.8 Å². The third-order valence-corrected chi connectivity index (χ3v) is 2.68. The van der Waals surface area contributed by atoms with E-state index in [2.05, 4.69) is 20.8 Å². The minimum Gasteiger partial charge on any atom is -0.399 e. The van der Waals surface area contributed by atoms with Gasteiger partial charge in [0.1, 0.15) is 0 Å². The molecule has 0 aliphatic heterocycles. The van der Waals surface area contributed by atoms with Gasteiger partial charge in [-0.25, -0.2) is 0 Å². The van der Waals surface area contributed by atoms with Gasteiger partial charge in [0.15, 0.2) is 0 Å². The largest absolute Gasteiger partial charge is 0.399 e. The molecule has 0 atom stereocenters. The minimum atomic E-state index is 0.0292. The van der Waals surface area contributed by atoms with Gasteiger partial charge in [0.25, 0.3) is 5.91 Å². The van der Waals surface area contributed by atoms with Crippen LogP contribution in [0.15, 0.2) is 24.3 Å². The highest BCUT2D eigenvalue weighted by atomic mass is 16.2. The van der Waals surface area contributed by atoms with Gasteiger partial charge in [0.05, 0.1) is 0 Å². The molecule has 0 aromatic heterocycles. The summed E-state index contributed by atoms with van der Waals surface area (Å²) < 4.78 is 0. The van der Waals surface area contributed by atoms with Crippen LogP contribution in [0.2, 0.25) is 0 Å². The molecule has 3 heteroatoms. The van der Waals surface area contributed by atoms with E-state index >= 15 is 0 Å². The van der Waals surface area contributed by atoms with Gasteiger partial charge in [-0.15, -0.1) is 0 Å². The Morgan fingerprint density at radius 1 is 1.35 bits per heavy atom. The van der Waals surface area contributed by atoms with Gasteiger partial charge in [0.2, 0.25) is 0 Å². The summed E-state index contributed by atoms with van der Waals surface area (Å²) in [5.41, 5.74) is 7.19. The van der Waals surface area contributed by atoms with Crippen LogP contribution in [0, 0.1) is 5.41 Å². The summed E-state index contributed by atoms with van der Waals surface area (Å²) in [6.45, 7) is 7.28. The second-order valence-electron chi connectivity index (χ2n) is 5.66. The van der Waals surface area contributed by atoms with Crippen LogP contribution in [0.25, 0.3) is 0 Å². The number of nitrogens with two attached hydrogens (primary N) is 1. The van der Waals surface area contributed by atoms with E-state index in [1.54, 1.807) is 29.2 Å². The van der Waals surface area contributed by atoms with Crippen LogP contribution >= 0.6 is 0 Å². The first-order valence-electron chi connectivity index (χ1n) is 5.90. The monoisotopic (exact) mass is 234 g/mol. The molecule has 0 saturated carbocycles.